The molecule has 2 heterocycles. The van der Waals surface area contributed by atoms with Gasteiger partial charge in [-0.2, -0.15) is 10.2 Å². The summed E-state index contributed by atoms with van der Waals surface area (Å²) in [5, 5.41) is 9.76. The molecule has 3 rings (SSSR count). The van der Waals surface area contributed by atoms with Gasteiger partial charge >= 0.3 is 0 Å². The summed E-state index contributed by atoms with van der Waals surface area (Å²) in [4.78, 5) is 12.9. The first-order chi connectivity index (χ1) is 12.0. The normalized spacial score (nSPS) is 11.5. The number of halogens is 1. The molecule has 130 valence electrons. The molecule has 0 spiro atoms. The Morgan fingerprint density at radius 1 is 1.44 bits per heavy atom. The fourth-order valence-electron chi connectivity index (χ4n) is 2.51. The Morgan fingerprint density at radius 2 is 2.24 bits per heavy atom. The minimum atomic E-state index is -0.305. The molecule has 0 aliphatic heterocycles. The molecule has 0 radical (unpaired) electrons. The van der Waals surface area contributed by atoms with Crippen LogP contribution >= 0.6 is 22.9 Å². The van der Waals surface area contributed by atoms with E-state index in [0.717, 1.165) is 34.3 Å². The third-order valence-corrected chi connectivity index (χ3v) is 5.64. The summed E-state index contributed by atoms with van der Waals surface area (Å²) in [5.41, 5.74) is 5.51. The van der Waals surface area contributed by atoms with Crippen LogP contribution in [0.3, 0.4) is 0 Å². The van der Waals surface area contributed by atoms with Crippen molar-refractivity contribution in [3.05, 3.63) is 51.1 Å². The molecule has 0 aliphatic carbocycles. The van der Waals surface area contributed by atoms with Crippen LogP contribution in [0.25, 0.3) is 10.1 Å². The number of hydrogen-bond acceptors (Lipinski definition) is 4. The summed E-state index contributed by atoms with van der Waals surface area (Å²) >= 11 is 7.76. The monoisotopic (exact) mass is 374 g/mol. The van der Waals surface area contributed by atoms with E-state index in [1.54, 1.807) is 6.21 Å². The lowest BCUT2D eigenvalue weighted by atomic mass is 10.1. The van der Waals surface area contributed by atoms with Crippen LogP contribution in [0, 0.1) is 6.92 Å². The Bertz CT molecular complexity index is 958. The van der Waals surface area contributed by atoms with Crippen molar-refractivity contribution in [2.45, 2.75) is 33.7 Å². The predicted molar refractivity (Wildman–Crippen MR) is 104 cm³/mol. The third kappa shape index (κ3) is 3.60. The Labute approximate surface area is 155 Å². The van der Waals surface area contributed by atoms with Crippen LogP contribution in [0.5, 0.6) is 0 Å². The molecule has 2 aromatic heterocycles. The molecule has 0 bridgehead atoms. The molecule has 0 atom stereocenters. The molecule has 1 aromatic carbocycles. The Morgan fingerprint density at radius 3 is 2.92 bits per heavy atom. The molecule has 5 nitrogen and oxygen atoms in total. The Kier molecular flexibility index (Phi) is 5.20. The smallest absolute Gasteiger partial charge is 0.272 e. The predicted octanol–water partition coefficient (Wildman–Crippen LogP) is 4.41. The summed E-state index contributed by atoms with van der Waals surface area (Å²) in [7, 11) is 0. The van der Waals surface area contributed by atoms with Crippen molar-refractivity contribution in [1.29, 1.82) is 0 Å². The summed E-state index contributed by atoms with van der Waals surface area (Å²) in [5.74, 6) is -0.305. The maximum atomic E-state index is 12.4. The first-order valence-corrected chi connectivity index (χ1v) is 9.31. The summed E-state index contributed by atoms with van der Waals surface area (Å²) < 4.78 is 2.84. The number of nitrogens with zero attached hydrogens (tertiary/aromatic N) is 3. The van der Waals surface area contributed by atoms with Gasteiger partial charge in [0, 0.05) is 28.4 Å². The van der Waals surface area contributed by atoms with E-state index in [9.17, 15) is 4.79 Å². The molecule has 0 fully saturated rings. The zero-order valence-corrected chi connectivity index (χ0v) is 15.9. The van der Waals surface area contributed by atoms with Crippen LogP contribution in [-0.2, 0) is 13.0 Å². The van der Waals surface area contributed by atoms with Gasteiger partial charge in [-0.05, 0) is 31.9 Å². The average molecular weight is 375 g/mol. The van der Waals surface area contributed by atoms with Crippen molar-refractivity contribution in [3.8, 4) is 0 Å². The minimum absolute atomic E-state index is 0.305. The maximum Gasteiger partial charge on any atom is 0.283 e. The van der Waals surface area contributed by atoms with Crippen LogP contribution in [0.2, 0.25) is 5.02 Å². The van der Waals surface area contributed by atoms with E-state index in [1.807, 2.05) is 36.9 Å². The van der Waals surface area contributed by atoms with Crippen molar-refractivity contribution < 1.29 is 4.79 Å². The van der Waals surface area contributed by atoms with Crippen molar-refractivity contribution in [2.75, 3.05) is 0 Å². The van der Waals surface area contributed by atoms with Crippen LogP contribution < -0.4 is 5.43 Å². The fourth-order valence-corrected chi connectivity index (χ4v) is 3.98. The van der Waals surface area contributed by atoms with Gasteiger partial charge in [-0.25, -0.2) is 5.43 Å². The lowest BCUT2D eigenvalue weighted by Gasteiger charge is -1.97. The first kappa shape index (κ1) is 17.6. The number of thiophene rings is 1. The molecule has 0 unspecified atom stereocenters. The van der Waals surface area contributed by atoms with Crippen molar-refractivity contribution in [3.63, 3.8) is 0 Å². The van der Waals surface area contributed by atoms with E-state index in [-0.39, 0.29) is 5.91 Å². The summed E-state index contributed by atoms with van der Waals surface area (Å²) in [6, 6.07) is 6.08. The highest BCUT2D eigenvalue weighted by Gasteiger charge is 2.17. The minimum Gasteiger partial charge on any atom is -0.272 e. The number of fused-ring (bicyclic) bond motifs is 1. The van der Waals surface area contributed by atoms with Gasteiger partial charge in [-0.1, -0.05) is 30.7 Å². The molecule has 25 heavy (non-hydrogen) atoms. The third-order valence-electron chi connectivity index (χ3n) is 3.99. The van der Waals surface area contributed by atoms with Gasteiger partial charge in [0.2, 0.25) is 0 Å². The number of rotatable bonds is 5. The molecule has 3 aromatic rings. The summed E-state index contributed by atoms with van der Waals surface area (Å²) in [6.07, 6.45) is 4.44. The quantitative estimate of drug-likeness (QED) is 0.531. The number of benzene rings is 1. The maximum absolute atomic E-state index is 12.4. The average Bonchev–Trinajstić information content (AvgIpc) is 3.14. The standard InChI is InChI=1S/C18H19ClN4OS/c1-4-12-6-7-14-15(8-12)25-17(16(14)19)18(24)21-20-9-13-10-23(5-2)22-11(13)3/h6-10H,4-5H2,1-3H3,(H,21,24)/b20-9+. The van der Waals surface area contributed by atoms with E-state index in [4.69, 9.17) is 11.6 Å². The molecular formula is C18H19ClN4OS. The van der Waals surface area contributed by atoms with Gasteiger partial charge in [0.1, 0.15) is 4.88 Å². The van der Waals surface area contributed by atoms with Gasteiger partial charge in [-0.15, -0.1) is 11.3 Å². The van der Waals surface area contributed by atoms with E-state index in [1.165, 1.54) is 16.9 Å². The van der Waals surface area contributed by atoms with Gasteiger partial charge < -0.3 is 0 Å². The number of amides is 1. The highest BCUT2D eigenvalue weighted by molar-refractivity contribution is 7.21. The molecule has 0 aliphatic rings. The number of aryl methyl sites for hydroxylation is 3. The van der Waals surface area contributed by atoms with Crippen LogP contribution in [0.1, 0.15) is 40.3 Å². The number of aromatic nitrogens is 2. The van der Waals surface area contributed by atoms with Crippen molar-refractivity contribution >= 4 is 45.1 Å². The van der Waals surface area contributed by atoms with Crippen LogP contribution in [0.4, 0.5) is 0 Å². The van der Waals surface area contributed by atoms with Gasteiger partial charge in [0.25, 0.3) is 5.91 Å². The Balaban J connectivity index is 1.79. The molecule has 0 saturated carbocycles. The number of nitrogens with one attached hydrogen (secondary N) is 1. The molecule has 0 saturated heterocycles. The molecule has 1 N–H and O–H groups in total. The number of carbonyl (C=O) groups excluding carboxylic acids is 1. The second-order valence-electron chi connectivity index (χ2n) is 5.65. The van der Waals surface area contributed by atoms with Gasteiger partial charge in [-0.3, -0.25) is 9.48 Å². The Hall–Kier alpha value is -2.18. The van der Waals surface area contributed by atoms with Gasteiger partial charge in [0.05, 0.1) is 16.9 Å². The summed E-state index contributed by atoms with van der Waals surface area (Å²) in [6.45, 7) is 6.81. The van der Waals surface area contributed by atoms with E-state index in [0.29, 0.717) is 9.90 Å². The number of carbonyl (C=O) groups is 1. The van der Waals surface area contributed by atoms with Crippen LogP contribution in [0.15, 0.2) is 29.5 Å². The van der Waals surface area contributed by atoms with Crippen molar-refractivity contribution in [2.24, 2.45) is 5.10 Å². The molecular weight excluding hydrogens is 356 g/mol. The highest BCUT2D eigenvalue weighted by atomic mass is 35.5. The van der Waals surface area contributed by atoms with Gasteiger partial charge in [0.15, 0.2) is 0 Å². The number of hydrogen-bond donors (Lipinski definition) is 1. The topological polar surface area (TPSA) is 59.3 Å². The molecule has 7 heteroatoms. The fraction of sp³-hybridized carbons (Fsp3) is 0.278. The lowest BCUT2D eigenvalue weighted by molar-refractivity contribution is 0.0959. The first-order valence-electron chi connectivity index (χ1n) is 8.11. The van der Waals surface area contributed by atoms with E-state index in [2.05, 4.69) is 28.6 Å². The van der Waals surface area contributed by atoms with E-state index >= 15 is 0 Å². The number of hydrazone groups is 1. The highest BCUT2D eigenvalue weighted by Crippen LogP contribution is 2.35. The molecule has 1 amide bonds. The second-order valence-corrected chi connectivity index (χ2v) is 7.08. The zero-order chi connectivity index (χ0) is 18.0. The van der Waals surface area contributed by atoms with Crippen molar-refractivity contribution in [1.82, 2.24) is 15.2 Å². The lowest BCUT2D eigenvalue weighted by Crippen LogP contribution is -2.16. The zero-order valence-electron chi connectivity index (χ0n) is 14.3. The van der Waals surface area contributed by atoms with Crippen LogP contribution in [-0.4, -0.2) is 21.9 Å². The van der Waals surface area contributed by atoms with E-state index < -0.39 is 0 Å². The largest absolute Gasteiger partial charge is 0.283 e. The second kappa shape index (κ2) is 7.37. The SMILES string of the molecule is CCc1ccc2c(Cl)c(C(=O)N/N=C/c3cn(CC)nc3C)sc2c1.